The highest BCUT2D eigenvalue weighted by Gasteiger charge is 2.10. The maximum Gasteiger partial charge on any atom is 0.256 e. The zero-order chi connectivity index (χ0) is 13.1. The Kier molecular flexibility index (Phi) is 3.99. The zero-order valence-corrected chi connectivity index (χ0v) is 11.9. The maximum atomic E-state index is 12.0. The normalized spacial score (nSPS) is 10.2. The molecule has 2 aromatic rings. The topological polar surface area (TPSA) is 42.0 Å². The third-order valence-corrected chi connectivity index (χ3v) is 3.48. The first-order valence-corrected chi connectivity index (χ1v) is 6.43. The van der Waals surface area contributed by atoms with Crippen molar-refractivity contribution in [2.24, 2.45) is 0 Å². The third-order valence-electron chi connectivity index (χ3n) is 2.39. The Bertz CT molecular complexity index is 601. The molecule has 0 saturated heterocycles. The summed E-state index contributed by atoms with van der Waals surface area (Å²) < 4.78 is 0.751. The second-order valence-corrected chi connectivity index (χ2v) is 4.98. The van der Waals surface area contributed by atoms with Crippen LogP contribution in [0.1, 0.15) is 15.9 Å². The molecule has 0 aliphatic carbocycles. The van der Waals surface area contributed by atoms with Gasteiger partial charge < -0.3 is 5.32 Å². The van der Waals surface area contributed by atoms with Crippen LogP contribution in [-0.2, 0) is 0 Å². The highest BCUT2D eigenvalue weighted by molar-refractivity contribution is 9.10. The molecule has 1 aromatic heterocycles. The van der Waals surface area contributed by atoms with Gasteiger partial charge in [-0.2, -0.15) is 0 Å². The molecule has 1 amide bonds. The fraction of sp³-hybridized carbons (Fsp3) is 0.0769. The number of nitrogens with one attached hydrogen (secondary N) is 1. The van der Waals surface area contributed by atoms with Gasteiger partial charge in [0.1, 0.15) is 5.15 Å². The van der Waals surface area contributed by atoms with Gasteiger partial charge in [-0.05, 0) is 46.6 Å². The van der Waals surface area contributed by atoms with Crippen LogP contribution in [0.25, 0.3) is 0 Å². The van der Waals surface area contributed by atoms with E-state index in [-0.39, 0.29) is 5.91 Å². The van der Waals surface area contributed by atoms with Gasteiger partial charge in [-0.3, -0.25) is 4.79 Å². The highest BCUT2D eigenvalue weighted by Crippen LogP contribution is 2.19. The summed E-state index contributed by atoms with van der Waals surface area (Å²) in [6.07, 6.45) is 1.53. The average Bonchev–Trinajstić information content (AvgIpc) is 2.34. The lowest BCUT2D eigenvalue weighted by Gasteiger charge is -2.07. The van der Waals surface area contributed by atoms with E-state index in [1.807, 2.05) is 25.1 Å². The van der Waals surface area contributed by atoms with Crippen LogP contribution in [0.2, 0.25) is 5.15 Å². The predicted molar refractivity (Wildman–Crippen MR) is 76.1 cm³/mol. The number of rotatable bonds is 2. The second-order valence-electron chi connectivity index (χ2n) is 3.77. The minimum absolute atomic E-state index is 0.189. The number of pyridine rings is 1. The summed E-state index contributed by atoms with van der Waals surface area (Å²) in [7, 11) is 0. The van der Waals surface area contributed by atoms with Crippen LogP contribution in [0.15, 0.2) is 41.0 Å². The second kappa shape index (κ2) is 5.50. The van der Waals surface area contributed by atoms with Gasteiger partial charge in [0.25, 0.3) is 5.91 Å². The Balaban J connectivity index is 2.22. The molecule has 0 aliphatic rings. The molecule has 1 heterocycles. The standard InChI is InChI=1S/C13H10BrClN2O/c1-8-6-9(7-16-12(8)15)17-13(18)10-4-2-3-5-11(10)14/h2-7H,1H3,(H,17,18). The van der Waals surface area contributed by atoms with E-state index in [9.17, 15) is 4.79 Å². The largest absolute Gasteiger partial charge is 0.321 e. The Morgan fingerprint density at radius 3 is 2.78 bits per heavy atom. The lowest BCUT2D eigenvalue weighted by Crippen LogP contribution is -2.12. The van der Waals surface area contributed by atoms with E-state index in [4.69, 9.17) is 11.6 Å². The number of nitrogens with zero attached hydrogens (tertiary/aromatic N) is 1. The van der Waals surface area contributed by atoms with Crippen molar-refractivity contribution in [1.29, 1.82) is 0 Å². The summed E-state index contributed by atoms with van der Waals surface area (Å²) in [5.41, 5.74) is 2.02. The smallest absolute Gasteiger partial charge is 0.256 e. The van der Waals surface area contributed by atoms with Crippen molar-refractivity contribution >= 4 is 39.1 Å². The van der Waals surface area contributed by atoms with Crippen LogP contribution in [0.5, 0.6) is 0 Å². The van der Waals surface area contributed by atoms with E-state index in [2.05, 4.69) is 26.2 Å². The molecule has 0 bridgehead atoms. The van der Waals surface area contributed by atoms with Crippen molar-refractivity contribution in [1.82, 2.24) is 4.98 Å². The predicted octanol–water partition coefficient (Wildman–Crippen LogP) is 4.06. The first-order chi connectivity index (χ1) is 8.58. The Morgan fingerprint density at radius 1 is 1.39 bits per heavy atom. The summed E-state index contributed by atoms with van der Waals surface area (Å²) in [6.45, 7) is 1.84. The molecule has 5 heteroatoms. The maximum absolute atomic E-state index is 12.0. The molecule has 0 atom stereocenters. The first-order valence-electron chi connectivity index (χ1n) is 5.26. The average molecular weight is 326 g/mol. The van der Waals surface area contributed by atoms with Gasteiger partial charge in [0.15, 0.2) is 0 Å². The lowest BCUT2D eigenvalue weighted by atomic mass is 10.2. The molecule has 0 unspecified atom stereocenters. The van der Waals surface area contributed by atoms with E-state index >= 15 is 0 Å². The quantitative estimate of drug-likeness (QED) is 0.846. The van der Waals surface area contributed by atoms with Gasteiger partial charge in [-0.25, -0.2) is 4.98 Å². The number of halogens is 2. The number of carbonyl (C=O) groups is 1. The molecule has 18 heavy (non-hydrogen) atoms. The number of amides is 1. The van der Waals surface area contributed by atoms with Crippen molar-refractivity contribution in [2.75, 3.05) is 5.32 Å². The first kappa shape index (κ1) is 13.1. The summed E-state index contributed by atoms with van der Waals surface area (Å²) in [4.78, 5) is 16.0. The number of hydrogen-bond acceptors (Lipinski definition) is 2. The molecule has 0 saturated carbocycles. The number of aryl methyl sites for hydroxylation is 1. The van der Waals surface area contributed by atoms with Gasteiger partial charge in [0, 0.05) is 4.47 Å². The Morgan fingerprint density at radius 2 is 2.11 bits per heavy atom. The highest BCUT2D eigenvalue weighted by atomic mass is 79.9. The van der Waals surface area contributed by atoms with Gasteiger partial charge in [0.2, 0.25) is 0 Å². The van der Waals surface area contributed by atoms with Gasteiger partial charge in [-0.1, -0.05) is 23.7 Å². The van der Waals surface area contributed by atoms with Crippen LogP contribution in [-0.4, -0.2) is 10.9 Å². The number of aromatic nitrogens is 1. The SMILES string of the molecule is Cc1cc(NC(=O)c2ccccc2Br)cnc1Cl. The Hall–Kier alpha value is -1.39. The molecular formula is C13H10BrClN2O. The van der Waals surface area contributed by atoms with Gasteiger partial charge in [-0.15, -0.1) is 0 Å². The monoisotopic (exact) mass is 324 g/mol. The van der Waals surface area contributed by atoms with E-state index in [0.717, 1.165) is 10.0 Å². The summed E-state index contributed by atoms with van der Waals surface area (Å²) in [5.74, 6) is -0.189. The van der Waals surface area contributed by atoms with E-state index in [1.165, 1.54) is 6.20 Å². The molecule has 0 radical (unpaired) electrons. The summed E-state index contributed by atoms with van der Waals surface area (Å²) in [5, 5.41) is 3.22. The van der Waals surface area contributed by atoms with Crippen molar-refractivity contribution in [2.45, 2.75) is 6.92 Å². The third kappa shape index (κ3) is 2.89. The summed E-state index contributed by atoms with van der Waals surface area (Å²) >= 11 is 9.17. The number of benzene rings is 1. The molecule has 0 fully saturated rings. The molecule has 1 aromatic carbocycles. The molecule has 1 N–H and O–H groups in total. The molecule has 92 valence electrons. The summed E-state index contributed by atoms with van der Waals surface area (Å²) in [6, 6.07) is 9.01. The number of anilines is 1. The fourth-order valence-electron chi connectivity index (χ4n) is 1.47. The molecule has 0 spiro atoms. The van der Waals surface area contributed by atoms with E-state index in [0.29, 0.717) is 16.4 Å². The number of carbonyl (C=O) groups excluding carboxylic acids is 1. The number of hydrogen-bond donors (Lipinski definition) is 1. The van der Waals surface area contributed by atoms with Crippen LogP contribution in [0.4, 0.5) is 5.69 Å². The molecule has 2 rings (SSSR count). The Labute approximate surface area is 118 Å². The van der Waals surface area contributed by atoms with Gasteiger partial charge >= 0.3 is 0 Å². The zero-order valence-electron chi connectivity index (χ0n) is 9.58. The van der Waals surface area contributed by atoms with E-state index < -0.39 is 0 Å². The van der Waals surface area contributed by atoms with Crippen LogP contribution < -0.4 is 5.32 Å². The fourth-order valence-corrected chi connectivity index (χ4v) is 2.04. The van der Waals surface area contributed by atoms with Crippen molar-refractivity contribution in [3.63, 3.8) is 0 Å². The van der Waals surface area contributed by atoms with Crippen molar-refractivity contribution < 1.29 is 4.79 Å². The minimum Gasteiger partial charge on any atom is -0.321 e. The van der Waals surface area contributed by atoms with Crippen molar-refractivity contribution in [3.8, 4) is 0 Å². The minimum atomic E-state index is -0.189. The molecular weight excluding hydrogens is 316 g/mol. The van der Waals surface area contributed by atoms with Crippen molar-refractivity contribution in [3.05, 3.63) is 57.3 Å². The van der Waals surface area contributed by atoms with Crippen LogP contribution in [0, 0.1) is 6.92 Å². The van der Waals surface area contributed by atoms with Crippen LogP contribution in [0.3, 0.4) is 0 Å². The van der Waals surface area contributed by atoms with Gasteiger partial charge in [0.05, 0.1) is 17.4 Å². The van der Waals surface area contributed by atoms with Crippen LogP contribution >= 0.6 is 27.5 Å². The molecule has 3 nitrogen and oxygen atoms in total. The molecule has 0 aliphatic heterocycles. The lowest BCUT2D eigenvalue weighted by molar-refractivity contribution is 0.102. The van der Waals surface area contributed by atoms with E-state index in [1.54, 1.807) is 12.1 Å².